The lowest BCUT2D eigenvalue weighted by Gasteiger charge is -2.22. The molecule has 2 heterocycles. The van der Waals surface area contributed by atoms with Gasteiger partial charge in [0.05, 0.1) is 12.5 Å². The molecule has 1 aliphatic rings. The molecule has 0 bridgehead atoms. The van der Waals surface area contributed by atoms with Crippen molar-refractivity contribution in [1.29, 1.82) is 0 Å². The van der Waals surface area contributed by atoms with Crippen LogP contribution in [0.2, 0.25) is 0 Å². The van der Waals surface area contributed by atoms with Gasteiger partial charge in [0.25, 0.3) is 0 Å². The highest BCUT2D eigenvalue weighted by Crippen LogP contribution is 2.31. The first-order valence-corrected chi connectivity index (χ1v) is 6.93. The number of ether oxygens (including phenoxy) is 2. The van der Waals surface area contributed by atoms with E-state index >= 15 is 0 Å². The van der Waals surface area contributed by atoms with E-state index in [-0.39, 0.29) is 5.92 Å². The predicted octanol–water partition coefficient (Wildman–Crippen LogP) is 1.61. The van der Waals surface area contributed by atoms with Crippen LogP contribution in [0.5, 0.6) is 5.75 Å². The minimum Gasteiger partial charge on any atom is -0.492 e. The van der Waals surface area contributed by atoms with Crippen molar-refractivity contribution < 1.29 is 14.0 Å². The van der Waals surface area contributed by atoms with Crippen molar-refractivity contribution in [2.45, 2.75) is 24.8 Å². The zero-order chi connectivity index (χ0) is 14.9. The van der Waals surface area contributed by atoms with Crippen molar-refractivity contribution in [3.8, 4) is 5.75 Å². The third-order valence-electron chi connectivity index (χ3n) is 3.62. The van der Waals surface area contributed by atoms with Crippen LogP contribution >= 0.6 is 0 Å². The maximum atomic E-state index is 6.13. The zero-order valence-electron chi connectivity index (χ0n) is 12.2. The van der Waals surface area contributed by atoms with Gasteiger partial charge >= 0.3 is 0 Å². The molecule has 0 saturated carbocycles. The Labute approximate surface area is 123 Å². The Kier molecular flexibility index (Phi) is 3.65. The van der Waals surface area contributed by atoms with Gasteiger partial charge in [-0.1, -0.05) is 23.4 Å². The summed E-state index contributed by atoms with van der Waals surface area (Å²) in [5.41, 5.74) is 6.52. The van der Waals surface area contributed by atoms with E-state index in [1.54, 1.807) is 7.11 Å². The van der Waals surface area contributed by atoms with Crippen LogP contribution in [0.4, 0.5) is 0 Å². The lowest BCUT2D eigenvalue weighted by Crippen LogP contribution is -2.39. The number of hydrogen-bond acceptors (Lipinski definition) is 6. The summed E-state index contributed by atoms with van der Waals surface area (Å²) in [6.07, 6.45) is 0.823. The number of fused-ring (bicyclic) bond motifs is 1. The van der Waals surface area contributed by atoms with Crippen LogP contribution in [-0.4, -0.2) is 30.5 Å². The van der Waals surface area contributed by atoms with Crippen molar-refractivity contribution in [3.05, 3.63) is 41.5 Å². The molecule has 3 rings (SSSR count). The van der Waals surface area contributed by atoms with E-state index in [0.29, 0.717) is 24.9 Å². The Hall–Kier alpha value is -1.92. The molecule has 1 aromatic heterocycles. The van der Waals surface area contributed by atoms with Gasteiger partial charge in [0.15, 0.2) is 5.82 Å². The molecule has 21 heavy (non-hydrogen) atoms. The third-order valence-corrected chi connectivity index (χ3v) is 3.62. The Morgan fingerprint density at radius 2 is 2.24 bits per heavy atom. The van der Waals surface area contributed by atoms with Gasteiger partial charge in [-0.2, -0.15) is 4.98 Å². The van der Waals surface area contributed by atoms with Crippen molar-refractivity contribution in [2.75, 3.05) is 20.3 Å². The number of para-hydroxylation sites is 1. The second-order valence-electron chi connectivity index (χ2n) is 5.63. The van der Waals surface area contributed by atoms with Crippen LogP contribution in [-0.2, 0) is 16.7 Å². The van der Waals surface area contributed by atoms with E-state index in [4.69, 9.17) is 19.7 Å². The monoisotopic (exact) mass is 289 g/mol. The Morgan fingerprint density at radius 3 is 3.05 bits per heavy atom. The van der Waals surface area contributed by atoms with Gasteiger partial charge in [0.1, 0.15) is 17.9 Å². The summed E-state index contributed by atoms with van der Waals surface area (Å²) in [6.45, 7) is 2.68. The van der Waals surface area contributed by atoms with Crippen LogP contribution in [0.15, 0.2) is 28.8 Å². The standard InChI is InChI=1S/C15H19N3O3/c1-15(16,9-19-2)14-17-13(21-18-14)11-7-10-5-3-4-6-12(10)20-8-11/h3-6,11H,7-9,16H2,1-2H3. The number of methoxy groups -OCH3 is 1. The molecule has 0 spiro atoms. The minimum atomic E-state index is -0.760. The average Bonchev–Trinajstić information content (AvgIpc) is 2.97. The first-order chi connectivity index (χ1) is 10.1. The smallest absolute Gasteiger partial charge is 0.233 e. The number of nitrogens with two attached hydrogens (primary N) is 1. The van der Waals surface area contributed by atoms with E-state index in [9.17, 15) is 0 Å². The van der Waals surface area contributed by atoms with Gasteiger partial charge in [-0.25, -0.2) is 0 Å². The quantitative estimate of drug-likeness (QED) is 0.920. The third kappa shape index (κ3) is 2.77. The first kappa shape index (κ1) is 14.0. The normalized spacial score (nSPS) is 20.4. The van der Waals surface area contributed by atoms with Crippen LogP contribution in [0, 0.1) is 0 Å². The molecule has 0 saturated heterocycles. The molecular weight excluding hydrogens is 270 g/mol. The predicted molar refractivity (Wildman–Crippen MR) is 76.1 cm³/mol. The van der Waals surface area contributed by atoms with E-state index in [0.717, 1.165) is 17.7 Å². The van der Waals surface area contributed by atoms with E-state index in [1.165, 1.54) is 0 Å². The number of benzene rings is 1. The lowest BCUT2D eigenvalue weighted by atomic mass is 9.96. The van der Waals surface area contributed by atoms with Gasteiger partial charge in [-0.3, -0.25) is 0 Å². The summed E-state index contributed by atoms with van der Waals surface area (Å²) in [5.74, 6) is 2.00. The Bertz CT molecular complexity index is 624. The molecule has 1 aromatic carbocycles. The fourth-order valence-electron chi connectivity index (χ4n) is 2.48. The average molecular weight is 289 g/mol. The first-order valence-electron chi connectivity index (χ1n) is 6.93. The number of nitrogens with zero attached hydrogens (tertiary/aromatic N) is 2. The Balaban J connectivity index is 1.79. The van der Waals surface area contributed by atoms with Gasteiger partial charge in [-0.05, 0) is 25.0 Å². The SMILES string of the molecule is COCC(C)(N)c1noc(C2COc3ccccc3C2)n1. The highest BCUT2D eigenvalue weighted by Gasteiger charge is 2.31. The molecule has 0 radical (unpaired) electrons. The zero-order valence-corrected chi connectivity index (χ0v) is 12.2. The summed E-state index contributed by atoms with van der Waals surface area (Å²) in [7, 11) is 1.60. The maximum Gasteiger partial charge on any atom is 0.233 e. The summed E-state index contributed by atoms with van der Waals surface area (Å²) in [6, 6.07) is 7.99. The topological polar surface area (TPSA) is 83.4 Å². The molecule has 112 valence electrons. The van der Waals surface area contributed by atoms with Gasteiger partial charge in [0, 0.05) is 7.11 Å². The molecule has 1 aliphatic heterocycles. The molecule has 2 atom stereocenters. The number of hydrogen-bond donors (Lipinski definition) is 1. The summed E-state index contributed by atoms with van der Waals surface area (Å²) in [5, 5.41) is 3.99. The largest absolute Gasteiger partial charge is 0.492 e. The molecule has 6 heteroatoms. The lowest BCUT2D eigenvalue weighted by molar-refractivity contribution is 0.134. The van der Waals surface area contributed by atoms with Gasteiger partial charge in [0.2, 0.25) is 5.89 Å². The molecule has 2 aromatic rings. The van der Waals surface area contributed by atoms with Gasteiger partial charge < -0.3 is 19.7 Å². The highest BCUT2D eigenvalue weighted by atomic mass is 16.5. The second kappa shape index (κ2) is 5.46. The molecule has 0 fully saturated rings. The highest BCUT2D eigenvalue weighted by molar-refractivity contribution is 5.36. The van der Waals surface area contributed by atoms with E-state index < -0.39 is 5.54 Å². The Morgan fingerprint density at radius 1 is 1.43 bits per heavy atom. The fourth-order valence-corrected chi connectivity index (χ4v) is 2.48. The van der Waals surface area contributed by atoms with Crippen LogP contribution in [0.3, 0.4) is 0 Å². The van der Waals surface area contributed by atoms with Gasteiger partial charge in [-0.15, -0.1) is 0 Å². The number of rotatable bonds is 4. The molecular formula is C15H19N3O3. The van der Waals surface area contributed by atoms with Crippen molar-refractivity contribution in [2.24, 2.45) is 5.73 Å². The molecule has 0 amide bonds. The fraction of sp³-hybridized carbons (Fsp3) is 0.467. The molecule has 0 aliphatic carbocycles. The second-order valence-corrected chi connectivity index (χ2v) is 5.63. The summed E-state index contributed by atoms with van der Waals surface area (Å²) < 4.78 is 16.2. The summed E-state index contributed by atoms with van der Waals surface area (Å²) >= 11 is 0. The molecule has 2 unspecified atom stereocenters. The van der Waals surface area contributed by atoms with Crippen LogP contribution in [0.25, 0.3) is 0 Å². The van der Waals surface area contributed by atoms with E-state index in [1.807, 2.05) is 25.1 Å². The number of aromatic nitrogens is 2. The van der Waals surface area contributed by atoms with Crippen LogP contribution in [0.1, 0.15) is 30.1 Å². The van der Waals surface area contributed by atoms with Crippen LogP contribution < -0.4 is 10.5 Å². The van der Waals surface area contributed by atoms with Crippen molar-refractivity contribution in [3.63, 3.8) is 0 Å². The van der Waals surface area contributed by atoms with E-state index in [2.05, 4.69) is 16.2 Å². The van der Waals surface area contributed by atoms with Crippen molar-refractivity contribution >= 4 is 0 Å². The molecule has 2 N–H and O–H groups in total. The maximum absolute atomic E-state index is 6.13. The molecule has 6 nitrogen and oxygen atoms in total. The summed E-state index contributed by atoms with van der Waals surface area (Å²) in [4.78, 5) is 4.43. The van der Waals surface area contributed by atoms with Crippen molar-refractivity contribution in [1.82, 2.24) is 10.1 Å². The minimum absolute atomic E-state index is 0.0551.